The minimum absolute atomic E-state index is 0.0340. The van der Waals surface area contributed by atoms with Gasteiger partial charge in [-0.3, -0.25) is 19.7 Å². The van der Waals surface area contributed by atoms with Crippen molar-refractivity contribution >= 4 is 23.5 Å². The van der Waals surface area contributed by atoms with Crippen LogP contribution in [0.3, 0.4) is 0 Å². The Morgan fingerprint density at radius 3 is 2.14 bits per heavy atom. The van der Waals surface area contributed by atoms with E-state index in [0.29, 0.717) is 62.3 Å². The Morgan fingerprint density at radius 1 is 0.878 bits per heavy atom. The number of rotatable bonds is 11. The molecule has 2 aliphatic rings. The van der Waals surface area contributed by atoms with Crippen molar-refractivity contribution < 1.29 is 14.7 Å². The van der Waals surface area contributed by atoms with Gasteiger partial charge in [0.15, 0.2) is 0 Å². The summed E-state index contributed by atoms with van der Waals surface area (Å²) in [6, 6.07) is 22.5. The standard InChI is InChI=1S/C38H44ClN7O3/c39-31-12-10-30(11-13-31)38(49)17-25-45(26-18-38)22-6-16-37(33-8-1-3-20-41-33,34-9-2-4-21-42-34)28-43-36(48)44-32-14-23-46(24-15-32)35(47)29-7-5-19-40-27-29/h1-5,7-13,19-21,27,32,49H,6,14-18,22-26,28H2,(H2,43,44,48). The Bertz CT molecular complexity index is 1610. The van der Waals surface area contributed by atoms with Gasteiger partial charge in [0.2, 0.25) is 0 Å². The normalized spacial score (nSPS) is 17.0. The largest absolute Gasteiger partial charge is 0.385 e. The number of aliphatic hydroxyl groups is 1. The Labute approximate surface area is 292 Å². The molecular weight excluding hydrogens is 638 g/mol. The van der Waals surface area contributed by atoms with Gasteiger partial charge in [0, 0.05) is 68.6 Å². The Balaban J connectivity index is 1.08. The van der Waals surface area contributed by atoms with Crippen LogP contribution in [0.1, 0.15) is 65.8 Å². The van der Waals surface area contributed by atoms with Crippen molar-refractivity contribution in [1.82, 2.24) is 35.4 Å². The summed E-state index contributed by atoms with van der Waals surface area (Å²) in [4.78, 5) is 44.1. The van der Waals surface area contributed by atoms with Crippen LogP contribution in [0.2, 0.25) is 5.02 Å². The van der Waals surface area contributed by atoms with E-state index in [4.69, 9.17) is 21.6 Å². The lowest BCUT2D eigenvalue weighted by Crippen LogP contribution is -2.51. The van der Waals surface area contributed by atoms with E-state index in [1.165, 1.54) is 0 Å². The number of carbonyl (C=O) groups excluding carboxylic acids is 2. The summed E-state index contributed by atoms with van der Waals surface area (Å²) in [5.41, 5.74) is 1.69. The maximum atomic E-state index is 13.4. The maximum absolute atomic E-state index is 13.4. The zero-order valence-electron chi connectivity index (χ0n) is 27.7. The Hall–Kier alpha value is -4.38. The van der Waals surface area contributed by atoms with Crippen molar-refractivity contribution in [3.05, 3.63) is 125 Å². The predicted octanol–water partition coefficient (Wildman–Crippen LogP) is 5.18. The zero-order valence-corrected chi connectivity index (χ0v) is 28.4. The first-order valence-corrected chi connectivity index (χ1v) is 17.5. The lowest BCUT2D eigenvalue weighted by atomic mass is 9.76. The molecule has 3 N–H and O–H groups in total. The molecule has 2 fully saturated rings. The third-order valence-corrected chi connectivity index (χ3v) is 10.3. The fourth-order valence-corrected chi connectivity index (χ4v) is 7.24. The van der Waals surface area contributed by atoms with Crippen LogP contribution in [0.25, 0.3) is 0 Å². The van der Waals surface area contributed by atoms with Crippen molar-refractivity contribution in [3.8, 4) is 0 Å². The first kappa shape index (κ1) is 34.5. The van der Waals surface area contributed by atoms with E-state index >= 15 is 0 Å². The van der Waals surface area contributed by atoms with Crippen LogP contribution >= 0.6 is 11.6 Å². The fraction of sp³-hybridized carbons (Fsp3) is 0.395. The number of likely N-dealkylation sites (tertiary alicyclic amines) is 2. The molecule has 1 aromatic carbocycles. The van der Waals surface area contributed by atoms with Gasteiger partial charge in [0.1, 0.15) is 0 Å². The monoisotopic (exact) mass is 681 g/mol. The molecule has 11 heteroatoms. The van der Waals surface area contributed by atoms with Crippen LogP contribution in [0.15, 0.2) is 97.6 Å². The van der Waals surface area contributed by atoms with Crippen LogP contribution in [0.4, 0.5) is 4.79 Å². The van der Waals surface area contributed by atoms with Gasteiger partial charge in [0.25, 0.3) is 5.91 Å². The molecule has 256 valence electrons. The third-order valence-electron chi connectivity index (χ3n) is 10.0. The molecule has 3 aromatic heterocycles. The van der Waals surface area contributed by atoms with Gasteiger partial charge < -0.3 is 25.5 Å². The highest BCUT2D eigenvalue weighted by Gasteiger charge is 2.39. The number of nitrogens with zero attached hydrogens (tertiary/aromatic N) is 5. The zero-order chi connectivity index (χ0) is 34.1. The average molecular weight is 682 g/mol. The number of halogens is 1. The molecule has 0 spiro atoms. The summed E-state index contributed by atoms with van der Waals surface area (Å²) < 4.78 is 0. The van der Waals surface area contributed by atoms with E-state index in [0.717, 1.165) is 43.0 Å². The number of aromatic nitrogens is 3. The molecule has 3 amide bonds. The highest BCUT2D eigenvalue weighted by atomic mass is 35.5. The van der Waals surface area contributed by atoms with E-state index in [1.807, 2.05) is 65.6 Å². The Morgan fingerprint density at radius 2 is 1.55 bits per heavy atom. The lowest BCUT2D eigenvalue weighted by molar-refractivity contribution is -0.0262. The number of carbonyl (C=O) groups is 2. The van der Waals surface area contributed by atoms with Crippen LogP contribution in [-0.4, -0.2) is 87.1 Å². The molecule has 0 saturated carbocycles. The van der Waals surface area contributed by atoms with Crippen LogP contribution in [-0.2, 0) is 11.0 Å². The van der Waals surface area contributed by atoms with Gasteiger partial charge in [-0.25, -0.2) is 4.79 Å². The van der Waals surface area contributed by atoms with Crippen LogP contribution in [0, 0.1) is 0 Å². The first-order valence-electron chi connectivity index (χ1n) is 17.1. The summed E-state index contributed by atoms with van der Waals surface area (Å²) in [5.74, 6) is -0.0340. The van der Waals surface area contributed by atoms with E-state index in [9.17, 15) is 14.7 Å². The van der Waals surface area contributed by atoms with Crippen molar-refractivity contribution in [3.63, 3.8) is 0 Å². The van der Waals surface area contributed by atoms with Gasteiger partial charge in [-0.2, -0.15) is 0 Å². The topological polar surface area (TPSA) is 124 Å². The molecule has 4 aromatic rings. The molecular formula is C38H44ClN7O3. The number of urea groups is 1. The smallest absolute Gasteiger partial charge is 0.315 e. The number of hydrogen-bond acceptors (Lipinski definition) is 7. The maximum Gasteiger partial charge on any atom is 0.315 e. The summed E-state index contributed by atoms with van der Waals surface area (Å²) in [7, 11) is 0. The molecule has 0 bridgehead atoms. The van der Waals surface area contributed by atoms with E-state index in [2.05, 4.69) is 20.5 Å². The minimum Gasteiger partial charge on any atom is -0.385 e. The fourth-order valence-electron chi connectivity index (χ4n) is 7.11. The molecule has 0 radical (unpaired) electrons. The molecule has 0 unspecified atom stereocenters. The number of amides is 3. The molecule has 49 heavy (non-hydrogen) atoms. The summed E-state index contributed by atoms with van der Waals surface area (Å²) in [5, 5.41) is 18.4. The van der Waals surface area contributed by atoms with Crippen LogP contribution in [0.5, 0.6) is 0 Å². The van der Waals surface area contributed by atoms with Crippen molar-refractivity contribution in [2.24, 2.45) is 0 Å². The first-order chi connectivity index (χ1) is 23.8. The number of benzene rings is 1. The Kier molecular flexibility index (Phi) is 11.2. The molecule has 5 heterocycles. The van der Waals surface area contributed by atoms with Crippen molar-refractivity contribution in [2.75, 3.05) is 39.3 Å². The second-order valence-corrected chi connectivity index (χ2v) is 13.6. The second-order valence-electron chi connectivity index (χ2n) is 13.1. The highest BCUT2D eigenvalue weighted by Crippen LogP contribution is 2.36. The van der Waals surface area contributed by atoms with Crippen molar-refractivity contribution in [1.29, 1.82) is 0 Å². The quantitative estimate of drug-likeness (QED) is 0.199. The number of hydrogen-bond donors (Lipinski definition) is 3. The van der Waals surface area contributed by atoms with E-state index in [-0.39, 0.29) is 18.0 Å². The number of piperidine rings is 2. The third kappa shape index (κ3) is 8.44. The molecule has 0 atom stereocenters. The minimum atomic E-state index is -0.852. The van der Waals surface area contributed by atoms with Crippen molar-refractivity contribution in [2.45, 2.75) is 55.6 Å². The van der Waals surface area contributed by atoms with Gasteiger partial charge in [-0.05, 0) is 99.2 Å². The van der Waals surface area contributed by atoms with Gasteiger partial charge in [0.05, 0.1) is 28.0 Å². The molecule has 10 nitrogen and oxygen atoms in total. The number of nitrogens with one attached hydrogen (secondary N) is 2. The SMILES string of the molecule is O=C(NCC(CCCN1CCC(O)(c2ccc(Cl)cc2)CC1)(c1ccccn1)c1ccccn1)NC1CCN(C(=O)c2cccnc2)CC1. The highest BCUT2D eigenvalue weighted by molar-refractivity contribution is 6.30. The van der Waals surface area contributed by atoms with Gasteiger partial charge >= 0.3 is 6.03 Å². The van der Waals surface area contributed by atoms with E-state index < -0.39 is 11.0 Å². The predicted molar refractivity (Wildman–Crippen MR) is 189 cm³/mol. The molecule has 2 aliphatic heterocycles. The van der Waals surface area contributed by atoms with Gasteiger partial charge in [-0.15, -0.1) is 0 Å². The van der Waals surface area contributed by atoms with E-state index in [1.54, 1.807) is 36.9 Å². The number of pyridine rings is 3. The molecule has 0 aliphatic carbocycles. The van der Waals surface area contributed by atoms with Crippen LogP contribution < -0.4 is 10.6 Å². The average Bonchev–Trinajstić information content (AvgIpc) is 3.15. The molecule has 2 saturated heterocycles. The second kappa shape index (κ2) is 15.9. The lowest BCUT2D eigenvalue weighted by Gasteiger charge is -2.39. The van der Waals surface area contributed by atoms with Gasteiger partial charge in [-0.1, -0.05) is 35.9 Å². The summed E-state index contributed by atoms with van der Waals surface area (Å²) in [6.45, 7) is 3.87. The summed E-state index contributed by atoms with van der Waals surface area (Å²) in [6.07, 6.45) is 11.0. The summed E-state index contributed by atoms with van der Waals surface area (Å²) >= 11 is 6.08. The molecule has 6 rings (SSSR count).